The van der Waals surface area contributed by atoms with E-state index in [4.69, 9.17) is 4.42 Å². The monoisotopic (exact) mass is 330 g/mol. The van der Waals surface area contributed by atoms with Crippen LogP contribution in [0.5, 0.6) is 0 Å². The number of aryl methyl sites for hydroxylation is 1. The second-order valence-electron chi connectivity index (χ2n) is 6.02. The second-order valence-corrected chi connectivity index (χ2v) is 6.02. The maximum atomic E-state index is 13.4. The first-order valence-corrected chi connectivity index (χ1v) is 7.94. The van der Waals surface area contributed by atoms with Gasteiger partial charge in [-0.1, -0.05) is 6.07 Å². The Morgan fingerprint density at radius 2 is 2.17 bits per heavy atom. The Morgan fingerprint density at radius 1 is 1.33 bits per heavy atom. The first-order valence-electron chi connectivity index (χ1n) is 7.94. The quantitative estimate of drug-likeness (QED) is 0.940. The summed E-state index contributed by atoms with van der Waals surface area (Å²) in [6.07, 6.45) is 2.89. The molecule has 1 aliphatic rings. The number of carbonyl (C=O) groups excluding carboxylic acids is 2. The van der Waals surface area contributed by atoms with Gasteiger partial charge in [-0.05, 0) is 49.6 Å². The molecule has 3 rings (SSSR count). The van der Waals surface area contributed by atoms with Gasteiger partial charge in [0.05, 0.1) is 12.2 Å². The molecular formula is C18H19FN2O3. The molecule has 1 aromatic carbocycles. The molecule has 1 N–H and O–H groups in total. The van der Waals surface area contributed by atoms with Crippen molar-refractivity contribution in [2.75, 3.05) is 18.4 Å². The first kappa shape index (κ1) is 16.2. The van der Waals surface area contributed by atoms with E-state index in [0.29, 0.717) is 25.2 Å². The third kappa shape index (κ3) is 3.48. The van der Waals surface area contributed by atoms with Crippen LogP contribution in [0.25, 0.3) is 0 Å². The smallest absolute Gasteiger partial charge is 0.289 e. The highest BCUT2D eigenvalue weighted by Gasteiger charge is 2.30. The number of rotatable bonds is 3. The molecule has 0 spiro atoms. The molecule has 6 heteroatoms. The van der Waals surface area contributed by atoms with Gasteiger partial charge in [0, 0.05) is 18.8 Å². The molecule has 0 saturated carbocycles. The van der Waals surface area contributed by atoms with E-state index >= 15 is 0 Å². The first-order chi connectivity index (χ1) is 11.5. The van der Waals surface area contributed by atoms with Crippen LogP contribution in [-0.4, -0.2) is 29.8 Å². The number of nitrogens with one attached hydrogen (secondary N) is 1. The lowest BCUT2D eigenvalue weighted by Gasteiger charge is -2.31. The number of amides is 2. The zero-order valence-corrected chi connectivity index (χ0v) is 13.4. The largest absolute Gasteiger partial charge is 0.459 e. The lowest BCUT2D eigenvalue weighted by atomic mass is 9.96. The third-order valence-electron chi connectivity index (χ3n) is 4.27. The number of anilines is 1. The highest BCUT2D eigenvalue weighted by atomic mass is 19.1. The van der Waals surface area contributed by atoms with Crippen molar-refractivity contribution in [2.24, 2.45) is 5.92 Å². The van der Waals surface area contributed by atoms with Crippen molar-refractivity contribution in [2.45, 2.75) is 19.8 Å². The number of halogens is 1. The van der Waals surface area contributed by atoms with E-state index in [1.165, 1.54) is 18.4 Å². The molecule has 1 fully saturated rings. The summed E-state index contributed by atoms with van der Waals surface area (Å²) in [6.45, 7) is 2.74. The topological polar surface area (TPSA) is 62.6 Å². The molecular weight excluding hydrogens is 311 g/mol. The van der Waals surface area contributed by atoms with Gasteiger partial charge in [0.1, 0.15) is 5.82 Å². The van der Waals surface area contributed by atoms with Gasteiger partial charge in [0.15, 0.2) is 5.76 Å². The van der Waals surface area contributed by atoms with Gasteiger partial charge >= 0.3 is 0 Å². The fraction of sp³-hybridized carbons (Fsp3) is 0.333. The van der Waals surface area contributed by atoms with Gasteiger partial charge in [-0.25, -0.2) is 4.39 Å². The Bertz CT molecular complexity index is 743. The van der Waals surface area contributed by atoms with Crippen molar-refractivity contribution in [1.82, 2.24) is 4.90 Å². The number of benzene rings is 1. The van der Waals surface area contributed by atoms with Crippen LogP contribution in [0.4, 0.5) is 10.1 Å². The SMILES string of the molecule is Cc1ccc(F)cc1NC(=O)[C@@H]1CCCN(C(=O)c2ccco2)C1. The van der Waals surface area contributed by atoms with E-state index in [1.807, 2.05) is 6.92 Å². The summed E-state index contributed by atoms with van der Waals surface area (Å²) < 4.78 is 18.5. The van der Waals surface area contributed by atoms with Crippen LogP contribution in [0.1, 0.15) is 29.0 Å². The van der Waals surface area contributed by atoms with Gasteiger partial charge in [-0.15, -0.1) is 0 Å². The van der Waals surface area contributed by atoms with Gasteiger partial charge < -0.3 is 14.6 Å². The molecule has 1 atom stereocenters. The zero-order valence-electron chi connectivity index (χ0n) is 13.4. The van der Waals surface area contributed by atoms with Crippen LogP contribution < -0.4 is 5.32 Å². The highest BCUT2D eigenvalue weighted by Crippen LogP contribution is 2.22. The second kappa shape index (κ2) is 6.86. The summed E-state index contributed by atoms with van der Waals surface area (Å²) in [6, 6.07) is 7.56. The predicted octanol–water partition coefficient (Wildman–Crippen LogP) is 3.22. The molecule has 2 heterocycles. The van der Waals surface area contributed by atoms with E-state index < -0.39 is 5.82 Å². The molecule has 126 valence electrons. The molecule has 1 saturated heterocycles. The molecule has 2 aromatic rings. The Hall–Kier alpha value is -2.63. The van der Waals surface area contributed by atoms with E-state index in [0.717, 1.165) is 12.0 Å². The lowest BCUT2D eigenvalue weighted by Crippen LogP contribution is -2.43. The van der Waals surface area contributed by atoms with Crippen LogP contribution in [0.3, 0.4) is 0 Å². The van der Waals surface area contributed by atoms with Gasteiger partial charge in [0.2, 0.25) is 5.91 Å². The Morgan fingerprint density at radius 3 is 2.92 bits per heavy atom. The molecule has 0 radical (unpaired) electrons. The maximum absolute atomic E-state index is 13.4. The molecule has 1 aliphatic heterocycles. The lowest BCUT2D eigenvalue weighted by molar-refractivity contribution is -0.121. The zero-order chi connectivity index (χ0) is 17.1. The molecule has 5 nitrogen and oxygen atoms in total. The van der Waals surface area contributed by atoms with Crippen molar-refractivity contribution >= 4 is 17.5 Å². The number of furan rings is 1. The van der Waals surface area contributed by atoms with Crippen molar-refractivity contribution in [3.8, 4) is 0 Å². The summed E-state index contributed by atoms with van der Waals surface area (Å²) in [5, 5.41) is 2.77. The molecule has 2 amide bonds. The number of carbonyl (C=O) groups is 2. The van der Waals surface area contributed by atoms with Gasteiger partial charge in [-0.2, -0.15) is 0 Å². The molecule has 0 aliphatic carbocycles. The van der Waals surface area contributed by atoms with Gasteiger partial charge in [0.25, 0.3) is 5.91 Å². The minimum Gasteiger partial charge on any atom is -0.459 e. The standard InChI is InChI=1S/C18H19FN2O3/c1-12-6-7-14(19)10-15(12)20-17(22)13-4-2-8-21(11-13)18(23)16-5-3-9-24-16/h3,5-7,9-10,13H,2,4,8,11H2,1H3,(H,20,22)/t13-/m1/s1. The minimum atomic E-state index is -0.394. The Labute approximate surface area is 139 Å². The van der Waals surface area contributed by atoms with E-state index in [2.05, 4.69) is 5.32 Å². The van der Waals surface area contributed by atoms with Crippen molar-refractivity contribution in [3.63, 3.8) is 0 Å². The average molecular weight is 330 g/mol. The van der Waals surface area contributed by atoms with Crippen LogP contribution in [-0.2, 0) is 4.79 Å². The molecule has 24 heavy (non-hydrogen) atoms. The molecule has 0 bridgehead atoms. The summed E-state index contributed by atoms with van der Waals surface area (Å²) in [4.78, 5) is 26.5. The van der Waals surface area contributed by atoms with Crippen molar-refractivity contribution in [1.29, 1.82) is 0 Å². The summed E-state index contributed by atoms with van der Waals surface area (Å²) >= 11 is 0. The highest BCUT2D eigenvalue weighted by molar-refractivity contribution is 5.95. The minimum absolute atomic E-state index is 0.194. The van der Waals surface area contributed by atoms with Gasteiger partial charge in [-0.3, -0.25) is 9.59 Å². The van der Waals surface area contributed by atoms with Crippen LogP contribution in [0.2, 0.25) is 0 Å². The number of hydrogen-bond acceptors (Lipinski definition) is 3. The summed E-state index contributed by atoms with van der Waals surface area (Å²) in [5.41, 5.74) is 1.26. The molecule has 1 aromatic heterocycles. The number of likely N-dealkylation sites (tertiary alicyclic amines) is 1. The normalized spacial score (nSPS) is 17.6. The van der Waals surface area contributed by atoms with Crippen LogP contribution in [0, 0.1) is 18.7 Å². The van der Waals surface area contributed by atoms with Crippen LogP contribution >= 0.6 is 0 Å². The number of nitrogens with zero attached hydrogens (tertiary/aromatic N) is 1. The fourth-order valence-electron chi connectivity index (χ4n) is 2.90. The van der Waals surface area contributed by atoms with Crippen molar-refractivity contribution < 1.29 is 18.4 Å². The average Bonchev–Trinajstić information content (AvgIpc) is 3.12. The van der Waals surface area contributed by atoms with Crippen LogP contribution in [0.15, 0.2) is 41.0 Å². The molecule has 0 unspecified atom stereocenters. The van der Waals surface area contributed by atoms with E-state index in [1.54, 1.807) is 23.1 Å². The third-order valence-corrected chi connectivity index (χ3v) is 4.27. The van der Waals surface area contributed by atoms with E-state index in [-0.39, 0.29) is 23.5 Å². The fourth-order valence-corrected chi connectivity index (χ4v) is 2.90. The Balaban J connectivity index is 1.67. The summed E-state index contributed by atoms with van der Waals surface area (Å²) in [5.74, 6) is -0.841. The van der Waals surface area contributed by atoms with Crippen molar-refractivity contribution in [3.05, 3.63) is 53.7 Å². The predicted molar refractivity (Wildman–Crippen MR) is 87.1 cm³/mol. The maximum Gasteiger partial charge on any atom is 0.289 e. The Kier molecular flexibility index (Phi) is 4.64. The summed E-state index contributed by atoms with van der Waals surface area (Å²) in [7, 11) is 0. The number of piperidine rings is 1. The van der Waals surface area contributed by atoms with E-state index in [9.17, 15) is 14.0 Å². The number of hydrogen-bond donors (Lipinski definition) is 1.